The molecule has 1 saturated heterocycles. The molecule has 4 heterocycles. The van der Waals surface area contributed by atoms with Gasteiger partial charge < -0.3 is 14.5 Å². The second kappa shape index (κ2) is 7.89. The van der Waals surface area contributed by atoms with E-state index in [-0.39, 0.29) is 37.7 Å². The van der Waals surface area contributed by atoms with Gasteiger partial charge in [0.25, 0.3) is 11.8 Å². The van der Waals surface area contributed by atoms with Crippen LogP contribution >= 0.6 is 0 Å². The average molecular weight is 476 g/mol. The number of pyridine rings is 1. The number of nitrogens with zero attached hydrogens (tertiary/aromatic N) is 5. The molecule has 0 unspecified atom stereocenters. The Morgan fingerprint density at radius 3 is 2.53 bits per heavy atom. The SMILES string of the molecule is O=C(c1cnc2c(ccn2-c2cccc(-c3nnc(C(F)(F)F)[nH]3)c2)c1)N1CCC(F)(F)CC1. The van der Waals surface area contributed by atoms with Gasteiger partial charge in [0.15, 0.2) is 5.82 Å². The first-order valence-corrected chi connectivity index (χ1v) is 10.4. The number of hydrogen-bond donors (Lipinski definition) is 1. The summed E-state index contributed by atoms with van der Waals surface area (Å²) in [4.78, 5) is 20.7. The predicted molar refractivity (Wildman–Crippen MR) is 112 cm³/mol. The van der Waals surface area contributed by atoms with Crippen molar-refractivity contribution in [3.63, 3.8) is 0 Å². The number of carbonyl (C=O) groups is 1. The highest BCUT2D eigenvalue weighted by molar-refractivity contribution is 5.97. The van der Waals surface area contributed by atoms with Crippen LogP contribution < -0.4 is 0 Å². The zero-order chi connectivity index (χ0) is 24.1. The molecule has 7 nitrogen and oxygen atoms in total. The summed E-state index contributed by atoms with van der Waals surface area (Å²) in [6, 6.07) is 10.0. The van der Waals surface area contributed by atoms with Crippen LogP contribution in [0, 0.1) is 0 Å². The fourth-order valence-corrected chi connectivity index (χ4v) is 3.89. The molecule has 0 atom stereocenters. The third kappa shape index (κ3) is 4.11. The summed E-state index contributed by atoms with van der Waals surface area (Å²) >= 11 is 0. The van der Waals surface area contributed by atoms with Crippen molar-refractivity contribution in [2.45, 2.75) is 24.9 Å². The number of fused-ring (bicyclic) bond motifs is 1. The number of rotatable bonds is 3. The Bertz CT molecular complexity index is 1370. The van der Waals surface area contributed by atoms with Crippen LogP contribution in [0.15, 0.2) is 48.8 Å². The molecule has 5 rings (SSSR count). The van der Waals surface area contributed by atoms with Crippen LogP contribution in [-0.2, 0) is 6.18 Å². The van der Waals surface area contributed by atoms with Gasteiger partial charge in [-0.15, -0.1) is 10.2 Å². The second-order valence-electron chi connectivity index (χ2n) is 8.04. The minimum atomic E-state index is -4.63. The number of halogens is 5. The number of piperidine rings is 1. The molecule has 176 valence electrons. The number of alkyl halides is 5. The van der Waals surface area contributed by atoms with Gasteiger partial charge >= 0.3 is 6.18 Å². The Morgan fingerprint density at radius 2 is 1.82 bits per heavy atom. The number of benzene rings is 1. The van der Waals surface area contributed by atoms with Gasteiger partial charge in [0.1, 0.15) is 5.65 Å². The highest BCUT2D eigenvalue weighted by Gasteiger charge is 2.36. The van der Waals surface area contributed by atoms with Crippen molar-refractivity contribution in [1.29, 1.82) is 0 Å². The molecule has 1 aliphatic heterocycles. The quantitative estimate of drug-likeness (QED) is 0.435. The molecule has 0 aliphatic carbocycles. The van der Waals surface area contributed by atoms with E-state index < -0.39 is 17.9 Å². The van der Waals surface area contributed by atoms with E-state index in [4.69, 9.17) is 0 Å². The predicted octanol–water partition coefficient (Wildman–Crippen LogP) is 4.70. The largest absolute Gasteiger partial charge is 0.451 e. The van der Waals surface area contributed by atoms with Gasteiger partial charge in [-0.3, -0.25) is 4.79 Å². The highest BCUT2D eigenvalue weighted by atomic mass is 19.4. The molecule has 1 fully saturated rings. The molecule has 1 amide bonds. The topological polar surface area (TPSA) is 79.7 Å². The van der Waals surface area contributed by atoms with Gasteiger partial charge in [0, 0.05) is 55.0 Å². The smallest absolute Gasteiger partial charge is 0.338 e. The van der Waals surface area contributed by atoms with Crippen LogP contribution in [0.1, 0.15) is 29.0 Å². The maximum Gasteiger partial charge on any atom is 0.451 e. The number of carbonyl (C=O) groups excluding carboxylic acids is 1. The lowest BCUT2D eigenvalue weighted by atomic mass is 10.1. The summed E-state index contributed by atoms with van der Waals surface area (Å²) < 4.78 is 67.0. The zero-order valence-electron chi connectivity index (χ0n) is 17.5. The van der Waals surface area contributed by atoms with Crippen LogP contribution in [0.3, 0.4) is 0 Å². The average Bonchev–Trinajstić information content (AvgIpc) is 3.46. The molecule has 34 heavy (non-hydrogen) atoms. The standard InChI is InChI=1S/C22H17F5N6O/c23-21(24)5-8-32(9-6-21)19(34)15-10-14-4-7-33(18(14)28-12-15)16-3-1-2-13(11-16)17-29-20(31-30-17)22(25,26)27/h1-4,7,10-12H,5-6,8-9H2,(H,29,30,31). The van der Waals surface area contributed by atoms with E-state index >= 15 is 0 Å². The fourth-order valence-electron chi connectivity index (χ4n) is 3.89. The summed E-state index contributed by atoms with van der Waals surface area (Å²) in [5, 5.41) is 7.38. The molecule has 3 aromatic heterocycles. The van der Waals surface area contributed by atoms with Crippen LogP contribution in [0.5, 0.6) is 0 Å². The molecular weight excluding hydrogens is 459 g/mol. The monoisotopic (exact) mass is 476 g/mol. The van der Waals surface area contributed by atoms with E-state index in [1.165, 1.54) is 11.1 Å². The lowest BCUT2D eigenvalue weighted by Crippen LogP contribution is -2.42. The summed E-state index contributed by atoms with van der Waals surface area (Å²) in [6.07, 6.45) is -2.25. The Kier molecular flexibility index (Phi) is 5.10. The summed E-state index contributed by atoms with van der Waals surface area (Å²) in [5.41, 5.74) is 1.83. The van der Waals surface area contributed by atoms with Crippen molar-refractivity contribution in [3.8, 4) is 17.1 Å². The maximum atomic E-state index is 13.4. The first-order chi connectivity index (χ1) is 16.1. The van der Waals surface area contributed by atoms with Gasteiger partial charge in [-0.25, -0.2) is 13.8 Å². The number of hydrogen-bond acceptors (Lipinski definition) is 4. The van der Waals surface area contributed by atoms with Crippen LogP contribution in [0.25, 0.3) is 28.1 Å². The van der Waals surface area contributed by atoms with Crippen LogP contribution in [0.2, 0.25) is 0 Å². The Hall–Kier alpha value is -3.83. The third-order valence-electron chi connectivity index (χ3n) is 5.71. The molecule has 4 aromatic rings. The van der Waals surface area contributed by atoms with Gasteiger partial charge in [0.2, 0.25) is 5.82 Å². The highest BCUT2D eigenvalue weighted by Crippen LogP contribution is 2.30. The Labute approximate surface area is 189 Å². The normalized spacial score (nSPS) is 16.2. The zero-order valence-corrected chi connectivity index (χ0v) is 17.5. The van der Waals surface area contributed by atoms with E-state index in [0.29, 0.717) is 27.8 Å². The van der Waals surface area contributed by atoms with Crippen molar-refractivity contribution >= 4 is 16.9 Å². The van der Waals surface area contributed by atoms with Crippen molar-refractivity contribution in [2.24, 2.45) is 0 Å². The van der Waals surface area contributed by atoms with E-state index in [9.17, 15) is 26.7 Å². The van der Waals surface area contributed by atoms with Crippen molar-refractivity contribution in [3.05, 3.63) is 60.2 Å². The van der Waals surface area contributed by atoms with Crippen molar-refractivity contribution in [2.75, 3.05) is 13.1 Å². The second-order valence-corrected chi connectivity index (χ2v) is 8.04. The van der Waals surface area contributed by atoms with E-state index in [1.54, 1.807) is 47.2 Å². The van der Waals surface area contributed by atoms with E-state index in [1.807, 2.05) is 0 Å². The number of aromatic amines is 1. The van der Waals surface area contributed by atoms with Crippen molar-refractivity contribution in [1.82, 2.24) is 29.6 Å². The molecule has 0 bridgehead atoms. The molecule has 0 radical (unpaired) electrons. The van der Waals surface area contributed by atoms with E-state index in [2.05, 4.69) is 20.2 Å². The van der Waals surface area contributed by atoms with Gasteiger partial charge in [-0.1, -0.05) is 12.1 Å². The number of nitrogens with one attached hydrogen (secondary N) is 1. The Morgan fingerprint density at radius 1 is 1.06 bits per heavy atom. The van der Waals surface area contributed by atoms with Gasteiger partial charge in [0.05, 0.1) is 5.56 Å². The lowest BCUT2D eigenvalue weighted by Gasteiger charge is -2.31. The number of H-pyrrole nitrogens is 1. The fraction of sp³-hybridized carbons (Fsp3) is 0.273. The summed E-state index contributed by atoms with van der Waals surface area (Å²) in [7, 11) is 0. The minimum absolute atomic E-state index is 0.0185. The summed E-state index contributed by atoms with van der Waals surface area (Å²) in [6.45, 7) is -0.0370. The number of aromatic nitrogens is 5. The molecule has 12 heteroatoms. The van der Waals surface area contributed by atoms with Crippen molar-refractivity contribution < 1.29 is 26.7 Å². The first kappa shape index (κ1) is 22.0. The molecular formula is C22H17F5N6O. The third-order valence-corrected chi connectivity index (χ3v) is 5.71. The minimum Gasteiger partial charge on any atom is -0.338 e. The molecule has 0 spiro atoms. The molecule has 1 aromatic carbocycles. The summed E-state index contributed by atoms with van der Waals surface area (Å²) in [5.74, 6) is -4.32. The van der Waals surface area contributed by atoms with E-state index in [0.717, 1.165) is 0 Å². The van der Waals surface area contributed by atoms with Crippen LogP contribution in [0.4, 0.5) is 22.0 Å². The molecule has 1 N–H and O–H groups in total. The van der Waals surface area contributed by atoms with Gasteiger partial charge in [-0.05, 0) is 24.3 Å². The molecule has 0 saturated carbocycles. The maximum absolute atomic E-state index is 13.4. The number of likely N-dealkylation sites (tertiary alicyclic amines) is 1. The molecule has 1 aliphatic rings. The number of amides is 1. The first-order valence-electron chi connectivity index (χ1n) is 10.4. The van der Waals surface area contributed by atoms with Crippen LogP contribution in [-0.4, -0.2) is 54.6 Å². The van der Waals surface area contributed by atoms with Gasteiger partial charge in [-0.2, -0.15) is 13.2 Å². The lowest BCUT2D eigenvalue weighted by molar-refractivity contribution is -0.144. The Balaban J connectivity index is 1.42.